The fraction of sp³-hybridized carbons (Fsp3) is 0.571. The molecule has 1 unspecified atom stereocenters. The summed E-state index contributed by atoms with van der Waals surface area (Å²) in [5, 5.41) is 11.9. The number of aromatic nitrogens is 2. The Morgan fingerprint density at radius 2 is 1.87 bits per heavy atom. The Kier molecular flexibility index (Phi) is 6.29. The minimum Gasteiger partial charge on any atom is -0.361 e. The molecule has 1 aromatic heterocycles. The van der Waals surface area contributed by atoms with Gasteiger partial charge in [0.15, 0.2) is 0 Å². The van der Waals surface area contributed by atoms with E-state index in [1.807, 2.05) is 22.6 Å². The molecule has 0 amide bonds. The average molecular weight is 448 g/mol. The van der Waals surface area contributed by atoms with Crippen molar-refractivity contribution in [2.75, 3.05) is 24.5 Å². The van der Waals surface area contributed by atoms with Crippen LogP contribution in [0, 0.1) is 17.0 Å². The molecule has 0 bridgehead atoms. The second-order valence-corrected chi connectivity index (χ2v) is 10.3. The van der Waals surface area contributed by atoms with Gasteiger partial charge in [0.1, 0.15) is 11.5 Å². The van der Waals surface area contributed by atoms with Crippen LogP contribution in [0.2, 0.25) is 0 Å². The second-order valence-electron chi connectivity index (χ2n) is 8.34. The molecule has 2 aromatic rings. The molecule has 0 saturated carbocycles. The van der Waals surface area contributed by atoms with Crippen molar-refractivity contribution in [3.63, 3.8) is 0 Å². The molecule has 0 N–H and O–H groups in total. The maximum atomic E-state index is 13.1. The molecular formula is C21H29N5O4S. The molecule has 2 saturated heterocycles. The Hall–Kier alpha value is -2.46. The summed E-state index contributed by atoms with van der Waals surface area (Å²) in [6.07, 6.45) is 9.18. The van der Waals surface area contributed by atoms with Gasteiger partial charge in [0.2, 0.25) is 10.0 Å². The van der Waals surface area contributed by atoms with Gasteiger partial charge in [-0.3, -0.25) is 10.1 Å². The van der Waals surface area contributed by atoms with Crippen LogP contribution in [0.1, 0.15) is 44.3 Å². The lowest BCUT2D eigenvalue weighted by atomic mass is 10.2. The quantitative estimate of drug-likeness (QED) is 0.497. The standard InChI is InChI=1S/C21H29N5O4S/c1-17-22-10-14-23(17)16-18-7-6-13-25(18)20-9-8-19(15-21(20)26(27)28)31(29,30)24-11-4-2-3-5-12-24/h8-10,14-15,18H,2-7,11-13,16H2,1H3. The Morgan fingerprint density at radius 1 is 1.13 bits per heavy atom. The normalized spacial score (nSPS) is 20.7. The summed E-state index contributed by atoms with van der Waals surface area (Å²) in [5.74, 6) is 0.903. The van der Waals surface area contributed by atoms with Crippen LogP contribution in [0.3, 0.4) is 0 Å². The van der Waals surface area contributed by atoms with Crippen molar-refractivity contribution >= 4 is 21.4 Å². The number of nitrogens with zero attached hydrogens (tertiary/aromatic N) is 5. The van der Waals surface area contributed by atoms with Crippen LogP contribution in [0.15, 0.2) is 35.5 Å². The summed E-state index contributed by atoms with van der Waals surface area (Å²) in [4.78, 5) is 17.8. The van der Waals surface area contributed by atoms with Crippen LogP contribution < -0.4 is 4.90 Å². The Bertz CT molecular complexity index is 1040. The molecule has 3 heterocycles. The number of sulfonamides is 1. The van der Waals surface area contributed by atoms with Gasteiger partial charge in [-0.1, -0.05) is 12.8 Å². The SMILES string of the molecule is Cc1nccn1CC1CCCN1c1ccc(S(=O)(=O)N2CCCCCC2)cc1[N+](=O)[O-]. The highest BCUT2D eigenvalue weighted by atomic mass is 32.2. The van der Waals surface area contributed by atoms with Crippen molar-refractivity contribution in [2.45, 2.75) is 62.9 Å². The molecule has 10 heteroatoms. The van der Waals surface area contributed by atoms with E-state index in [1.54, 1.807) is 12.3 Å². The highest BCUT2D eigenvalue weighted by Gasteiger charge is 2.33. The van der Waals surface area contributed by atoms with Crippen LogP contribution >= 0.6 is 0 Å². The van der Waals surface area contributed by atoms with E-state index in [4.69, 9.17) is 0 Å². The summed E-state index contributed by atoms with van der Waals surface area (Å²) in [7, 11) is -3.74. The van der Waals surface area contributed by atoms with Crippen LogP contribution in [-0.2, 0) is 16.6 Å². The smallest absolute Gasteiger partial charge is 0.293 e. The summed E-state index contributed by atoms with van der Waals surface area (Å²) in [6.45, 7) is 4.27. The zero-order chi connectivity index (χ0) is 22.0. The number of aryl methyl sites for hydroxylation is 1. The van der Waals surface area contributed by atoms with Crippen molar-refractivity contribution in [3.8, 4) is 0 Å². The van der Waals surface area contributed by atoms with Crippen molar-refractivity contribution in [1.82, 2.24) is 13.9 Å². The third-order valence-electron chi connectivity index (χ3n) is 6.36. The molecule has 4 rings (SSSR count). The van der Waals surface area contributed by atoms with Crippen molar-refractivity contribution in [3.05, 3.63) is 46.5 Å². The van der Waals surface area contributed by atoms with Crippen LogP contribution in [0.4, 0.5) is 11.4 Å². The first-order valence-corrected chi connectivity index (χ1v) is 12.3. The average Bonchev–Trinajstić information content (AvgIpc) is 3.26. The van der Waals surface area contributed by atoms with Gasteiger partial charge in [0.05, 0.1) is 9.82 Å². The highest BCUT2D eigenvalue weighted by molar-refractivity contribution is 7.89. The van der Waals surface area contributed by atoms with E-state index < -0.39 is 14.9 Å². The first kappa shape index (κ1) is 21.8. The minimum atomic E-state index is -3.74. The number of benzene rings is 1. The first-order valence-electron chi connectivity index (χ1n) is 10.9. The van der Waals surface area contributed by atoms with E-state index >= 15 is 0 Å². The number of anilines is 1. The molecule has 31 heavy (non-hydrogen) atoms. The lowest BCUT2D eigenvalue weighted by Crippen LogP contribution is -2.34. The summed E-state index contributed by atoms with van der Waals surface area (Å²) < 4.78 is 29.8. The van der Waals surface area contributed by atoms with Gasteiger partial charge >= 0.3 is 0 Å². The minimum absolute atomic E-state index is 0.00560. The van der Waals surface area contributed by atoms with Crippen LogP contribution in [0.25, 0.3) is 0 Å². The fourth-order valence-electron chi connectivity index (χ4n) is 4.65. The van der Waals surface area contributed by atoms with Gasteiger partial charge in [0.25, 0.3) is 5.69 Å². The summed E-state index contributed by atoms with van der Waals surface area (Å²) in [5.41, 5.74) is 0.338. The predicted molar refractivity (Wildman–Crippen MR) is 118 cm³/mol. The maximum absolute atomic E-state index is 13.1. The van der Waals surface area contributed by atoms with Crippen molar-refractivity contribution < 1.29 is 13.3 Å². The fourth-order valence-corrected chi connectivity index (χ4v) is 6.19. The number of imidazole rings is 1. The third kappa shape index (κ3) is 4.45. The van der Waals surface area contributed by atoms with Crippen LogP contribution in [0.5, 0.6) is 0 Å². The van der Waals surface area contributed by atoms with Gasteiger partial charge in [-0.2, -0.15) is 4.31 Å². The predicted octanol–water partition coefficient (Wildman–Crippen LogP) is 3.33. The lowest BCUT2D eigenvalue weighted by molar-refractivity contribution is -0.384. The third-order valence-corrected chi connectivity index (χ3v) is 8.26. The number of nitro groups is 1. The molecule has 0 spiro atoms. The van der Waals surface area contributed by atoms with E-state index in [1.165, 1.54) is 16.4 Å². The van der Waals surface area contributed by atoms with Crippen molar-refractivity contribution in [2.24, 2.45) is 0 Å². The Morgan fingerprint density at radius 3 is 2.52 bits per heavy atom. The van der Waals surface area contributed by atoms with Crippen molar-refractivity contribution in [1.29, 1.82) is 0 Å². The van der Waals surface area contributed by atoms with E-state index in [9.17, 15) is 18.5 Å². The van der Waals surface area contributed by atoms with Gasteiger partial charge in [-0.15, -0.1) is 0 Å². The number of hydrogen-bond acceptors (Lipinski definition) is 6. The van der Waals surface area contributed by atoms with Gasteiger partial charge < -0.3 is 9.47 Å². The van der Waals surface area contributed by atoms with E-state index in [-0.39, 0.29) is 16.6 Å². The van der Waals surface area contributed by atoms with E-state index in [2.05, 4.69) is 4.98 Å². The second kappa shape index (κ2) is 8.96. The first-order chi connectivity index (χ1) is 14.9. The molecule has 168 valence electrons. The largest absolute Gasteiger partial charge is 0.361 e. The number of hydrogen-bond donors (Lipinski definition) is 0. The van der Waals surface area contributed by atoms with E-state index in [0.717, 1.165) is 44.3 Å². The number of nitro benzene ring substituents is 1. The zero-order valence-electron chi connectivity index (χ0n) is 17.8. The molecule has 0 radical (unpaired) electrons. The summed E-state index contributed by atoms with van der Waals surface area (Å²) in [6, 6.07) is 4.48. The molecule has 2 fully saturated rings. The van der Waals surface area contributed by atoms with Gasteiger partial charge in [-0.05, 0) is 44.7 Å². The zero-order valence-corrected chi connectivity index (χ0v) is 18.6. The maximum Gasteiger partial charge on any atom is 0.293 e. The molecule has 9 nitrogen and oxygen atoms in total. The Labute approximate surface area is 182 Å². The molecule has 1 aromatic carbocycles. The summed E-state index contributed by atoms with van der Waals surface area (Å²) >= 11 is 0. The van der Waals surface area contributed by atoms with Crippen LogP contribution in [-0.4, -0.2) is 52.9 Å². The molecule has 2 aliphatic rings. The Balaban J connectivity index is 1.64. The molecular weight excluding hydrogens is 418 g/mol. The number of rotatable bonds is 6. The van der Waals surface area contributed by atoms with Gasteiger partial charge in [0, 0.05) is 50.7 Å². The lowest BCUT2D eigenvalue weighted by Gasteiger charge is -2.27. The molecule has 0 aliphatic carbocycles. The monoisotopic (exact) mass is 447 g/mol. The molecule has 2 aliphatic heterocycles. The topological polar surface area (TPSA) is 102 Å². The molecule has 1 atom stereocenters. The van der Waals surface area contributed by atoms with Gasteiger partial charge in [-0.25, -0.2) is 13.4 Å². The van der Waals surface area contributed by atoms with E-state index in [0.29, 0.717) is 31.9 Å². The highest BCUT2D eigenvalue weighted by Crippen LogP contribution is 2.36.